The standard InChI is InChI=1S/C40H23BN2OS2/c1-4-16-29-20(9-1)27-19-26(21-12-7-14-25-34(21)42-35-23-11-3-6-18-31(23)45-39(25)35)33-37(38(27)44-29)43-36-24(13-8-15-28(36)41-33)32-22-10-2-5-17-30(22)46-40(32)43/h1,3-9,11-19,41-42H,2,10H2. The maximum absolute atomic E-state index is 6.84. The van der Waals surface area contributed by atoms with Gasteiger partial charge in [-0.2, -0.15) is 0 Å². The average Bonchev–Trinajstić information content (AvgIpc) is 3.89. The lowest BCUT2D eigenvalue weighted by atomic mass is 9.59. The summed E-state index contributed by atoms with van der Waals surface area (Å²) >= 11 is 3.82. The summed E-state index contributed by atoms with van der Waals surface area (Å²) < 4.78 is 12.1. The third-order valence-electron chi connectivity index (χ3n) is 10.4. The van der Waals surface area contributed by atoms with Crippen molar-refractivity contribution in [1.29, 1.82) is 0 Å². The molecule has 1 N–H and O–H groups in total. The maximum atomic E-state index is 6.84. The number of rotatable bonds is 1. The molecule has 0 fully saturated rings. The van der Waals surface area contributed by atoms with E-state index in [1.54, 1.807) is 0 Å². The second-order valence-corrected chi connectivity index (χ2v) is 14.9. The Morgan fingerprint density at radius 3 is 2.59 bits per heavy atom. The SMILES string of the molecule is B1c2c(-c3cccc4c3[nH]c3c5ccccc5sc43)cc3c(oc4ccccc43)c2-n2c3sc4c(c3c3cccc1c32)CCC=C4. The number of aromatic nitrogens is 2. The van der Waals surface area contributed by atoms with E-state index in [0.717, 1.165) is 31.3 Å². The summed E-state index contributed by atoms with van der Waals surface area (Å²) in [4.78, 5) is 6.66. The first-order chi connectivity index (χ1) is 22.8. The highest BCUT2D eigenvalue weighted by molar-refractivity contribution is 7.26. The molecule has 0 atom stereocenters. The highest BCUT2D eigenvalue weighted by Gasteiger charge is 2.32. The van der Waals surface area contributed by atoms with Gasteiger partial charge in [-0.25, -0.2) is 0 Å². The topological polar surface area (TPSA) is 33.9 Å². The fourth-order valence-electron chi connectivity index (χ4n) is 8.53. The molecule has 2 aliphatic rings. The van der Waals surface area contributed by atoms with E-state index in [1.807, 2.05) is 22.7 Å². The van der Waals surface area contributed by atoms with Crippen LogP contribution in [0, 0.1) is 0 Å². The summed E-state index contributed by atoms with van der Waals surface area (Å²) in [5.74, 6) is 0. The summed E-state index contributed by atoms with van der Waals surface area (Å²) in [6.07, 6.45) is 6.87. The van der Waals surface area contributed by atoms with E-state index < -0.39 is 0 Å². The Labute approximate surface area is 271 Å². The lowest BCUT2D eigenvalue weighted by Gasteiger charge is -2.23. The van der Waals surface area contributed by atoms with Gasteiger partial charge >= 0.3 is 0 Å². The summed E-state index contributed by atoms with van der Waals surface area (Å²) in [6.45, 7) is 0. The van der Waals surface area contributed by atoms with E-state index in [1.165, 1.54) is 101 Å². The molecule has 1 aliphatic carbocycles. The maximum Gasteiger partial charge on any atom is 0.198 e. The van der Waals surface area contributed by atoms with Crippen LogP contribution in [0.2, 0.25) is 0 Å². The van der Waals surface area contributed by atoms with Crippen molar-refractivity contribution in [3.63, 3.8) is 0 Å². The first-order valence-electron chi connectivity index (χ1n) is 16.0. The van der Waals surface area contributed by atoms with E-state index in [-0.39, 0.29) is 0 Å². The Bertz CT molecular complexity index is 3020. The lowest BCUT2D eigenvalue weighted by molar-refractivity contribution is 0.667. The number of hydrogen-bond acceptors (Lipinski definition) is 3. The fourth-order valence-corrected chi connectivity index (χ4v) is 11.0. The van der Waals surface area contributed by atoms with Crippen molar-refractivity contribution in [3.05, 3.63) is 108 Å². The first kappa shape index (κ1) is 24.2. The van der Waals surface area contributed by atoms with Gasteiger partial charge in [-0.15, -0.1) is 22.7 Å². The van der Waals surface area contributed by atoms with Gasteiger partial charge in [-0.05, 0) is 53.7 Å². The molecule has 1 aliphatic heterocycles. The molecule has 0 radical (unpaired) electrons. The molecule has 214 valence electrons. The molecule has 0 unspecified atom stereocenters. The number of hydrogen-bond donors (Lipinski definition) is 1. The number of nitrogens with zero attached hydrogens (tertiary/aromatic N) is 1. The minimum absolute atomic E-state index is 0.864. The number of nitrogens with one attached hydrogen (secondary N) is 1. The van der Waals surface area contributed by atoms with Gasteiger partial charge in [0.1, 0.15) is 10.4 Å². The highest BCUT2D eigenvalue weighted by Crippen LogP contribution is 2.47. The molecular formula is C40H23BN2OS2. The minimum Gasteiger partial charge on any atom is -0.454 e. The first-order valence-corrected chi connectivity index (χ1v) is 17.6. The van der Waals surface area contributed by atoms with Gasteiger partial charge in [0.15, 0.2) is 12.9 Å². The Kier molecular flexibility index (Phi) is 4.43. The molecule has 10 aromatic rings. The second-order valence-electron chi connectivity index (χ2n) is 12.8. The zero-order valence-corrected chi connectivity index (χ0v) is 26.2. The molecule has 46 heavy (non-hydrogen) atoms. The average molecular weight is 623 g/mol. The second kappa shape index (κ2) is 8.41. The lowest BCUT2D eigenvalue weighted by Crippen LogP contribution is -2.37. The normalized spacial score (nSPS) is 14.0. The summed E-state index contributed by atoms with van der Waals surface area (Å²) in [6, 6.07) is 33.4. The van der Waals surface area contributed by atoms with Crippen LogP contribution in [0.1, 0.15) is 16.9 Å². The van der Waals surface area contributed by atoms with Gasteiger partial charge in [0.25, 0.3) is 0 Å². The Hall–Kier alpha value is -5.04. The predicted molar refractivity (Wildman–Crippen MR) is 200 cm³/mol. The van der Waals surface area contributed by atoms with E-state index in [2.05, 4.69) is 113 Å². The number of benzene rings is 5. The number of furan rings is 1. The summed E-state index contributed by atoms with van der Waals surface area (Å²) in [5.41, 5.74) is 13.7. The van der Waals surface area contributed by atoms with Crippen molar-refractivity contribution in [3.8, 4) is 16.8 Å². The van der Waals surface area contributed by atoms with E-state index >= 15 is 0 Å². The molecule has 5 aromatic heterocycles. The van der Waals surface area contributed by atoms with Crippen LogP contribution in [-0.4, -0.2) is 16.8 Å². The van der Waals surface area contributed by atoms with Gasteiger partial charge in [0.2, 0.25) is 0 Å². The Morgan fingerprint density at radius 1 is 0.761 bits per heavy atom. The highest BCUT2D eigenvalue weighted by atomic mass is 32.1. The molecule has 0 amide bonds. The number of aromatic amines is 1. The molecule has 0 bridgehead atoms. The molecule has 0 saturated carbocycles. The van der Waals surface area contributed by atoms with Gasteiger partial charge < -0.3 is 9.40 Å². The third kappa shape index (κ3) is 2.87. The van der Waals surface area contributed by atoms with Gasteiger partial charge in [0, 0.05) is 53.0 Å². The molecular weight excluding hydrogens is 599 g/mol. The number of para-hydroxylation sites is 3. The zero-order valence-electron chi connectivity index (χ0n) is 24.6. The van der Waals surface area contributed by atoms with Crippen LogP contribution in [0.5, 0.6) is 0 Å². The van der Waals surface area contributed by atoms with Crippen molar-refractivity contribution in [1.82, 2.24) is 9.55 Å². The number of aryl methyl sites for hydroxylation is 1. The summed E-state index contributed by atoms with van der Waals surface area (Å²) in [7, 11) is 0.864. The molecule has 5 aromatic carbocycles. The van der Waals surface area contributed by atoms with Crippen molar-refractivity contribution in [2.24, 2.45) is 0 Å². The van der Waals surface area contributed by atoms with Crippen LogP contribution in [0.15, 0.2) is 101 Å². The van der Waals surface area contributed by atoms with Gasteiger partial charge in [-0.1, -0.05) is 84.3 Å². The van der Waals surface area contributed by atoms with Crippen LogP contribution in [-0.2, 0) is 6.42 Å². The third-order valence-corrected chi connectivity index (χ3v) is 12.8. The van der Waals surface area contributed by atoms with Crippen LogP contribution in [0.4, 0.5) is 0 Å². The van der Waals surface area contributed by atoms with Crippen LogP contribution in [0.25, 0.3) is 97.2 Å². The van der Waals surface area contributed by atoms with Crippen LogP contribution >= 0.6 is 22.7 Å². The summed E-state index contributed by atoms with van der Waals surface area (Å²) in [5, 5.41) is 7.74. The molecule has 12 rings (SSSR count). The van der Waals surface area contributed by atoms with Crippen LogP contribution < -0.4 is 10.9 Å². The van der Waals surface area contributed by atoms with Crippen molar-refractivity contribution >= 4 is 121 Å². The smallest absolute Gasteiger partial charge is 0.198 e. The molecule has 6 heteroatoms. The Balaban J connectivity index is 1.27. The molecule has 0 saturated heterocycles. The molecule has 6 heterocycles. The van der Waals surface area contributed by atoms with E-state index in [0.29, 0.717) is 0 Å². The van der Waals surface area contributed by atoms with Crippen molar-refractivity contribution in [2.75, 3.05) is 0 Å². The van der Waals surface area contributed by atoms with Crippen molar-refractivity contribution in [2.45, 2.75) is 12.8 Å². The molecule has 3 nitrogen and oxygen atoms in total. The van der Waals surface area contributed by atoms with Crippen LogP contribution in [0.3, 0.4) is 0 Å². The fraction of sp³-hybridized carbons (Fsp3) is 0.0500. The monoisotopic (exact) mass is 622 g/mol. The Morgan fingerprint density at radius 2 is 1.61 bits per heavy atom. The number of fused-ring (bicyclic) bond motifs is 16. The van der Waals surface area contributed by atoms with E-state index in [4.69, 9.17) is 4.42 Å². The number of allylic oxidation sites excluding steroid dienone is 1. The van der Waals surface area contributed by atoms with E-state index in [9.17, 15) is 0 Å². The minimum atomic E-state index is 0.864. The quantitative estimate of drug-likeness (QED) is 0.182. The molecule has 0 spiro atoms. The predicted octanol–water partition coefficient (Wildman–Crippen LogP) is 9.92. The number of thiophene rings is 2. The number of H-pyrrole nitrogens is 1. The zero-order chi connectivity index (χ0) is 29.7. The van der Waals surface area contributed by atoms with Gasteiger partial charge in [0.05, 0.1) is 21.4 Å². The van der Waals surface area contributed by atoms with Crippen molar-refractivity contribution < 1.29 is 4.42 Å². The van der Waals surface area contributed by atoms with Gasteiger partial charge in [-0.3, -0.25) is 4.57 Å². The largest absolute Gasteiger partial charge is 0.454 e.